The van der Waals surface area contributed by atoms with Crippen LogP contribution in [0.5, 0.6) is 0 Å². The topological polar surface area (TPSA) is 38.0 Å². The molecule has 2 atom stereocenters. The number of anilines is 1. The van der Waals surface area contributed by atoms with Crippen LogP contribution in [0.1, 0.15) is 44.2 Å². The predicted molar refractivity (Wildman–Crippen MR) is 86.7 cm³/mol. The molecule has 2 nitrogen and oxygen atoms in total. The number of hydrogen-bond donors (Lipinski definition) is 2. The van der Waals surface area contributed by atoms with Crippen LogP contribution in [-0.2, 0) is 0 Å². The first-order valence-corrected chi connectivity index (χ1v) is 7.54. The van der Waals surface area contributed by atoms with E-state index >= 15 is 0 Å². The van der Waals surface area contributed by atoms with Gasteiger partial charge in [0.05, 0.1) is 0 Å². The summed E-state index contributed by atoms with van der Waals surface area (Å²) in [6.45, 7) is 6.80. The van der Waals surface area contributed by atoms with Crippen molar-refractivity contribution in [2.45, 2.75) is 46.1 Å². The molecule has 1 aromatic rings. The van der Waals surface area contributed by atoms with Crippen molar-refractivity contribution >= 4 is 22.9 Å². The van der Waals surface area contributed by atoms with Crippen LogP contribution in [0.3, 0.4) is 0 Å². The number of para-hydroxylation sites is 1. The van der Waals surface area contributed by atoms with Gasteiger partial charge >= 0.3 is 0 Å². The molecule has 2 rings (SSSR count). The largest absolute Gasteiger partial charge is 0.389 e. The maximum Gasteiger partial charge on any atom is 0.106 e. The highest BCUT2D eigenvalue weighted by Crippen LogP contribution is 2.32. The molecule has 0 bridgehead atoms. The molecule has 0 heterocycles. The van der Waals surface area contributed by atoms with Gasteiger partial charge in [-0.2, -0.15) is 0 Å². The quantitative estimate of drug-likeness (QED) is 0.823. The first-order chi connectivity index (χ1) is 8.97. The summed E-state index contributed by atoms with van der Waals surface area (Å²) in [5.74, 6) is 1.58. The molecular formula is C16H24N2S. The SMILES string of the molecule is Cc1cccc(C(N)=S)c1NC1CC(C)CC(C)C1. The van der Waals surface area contributed by atoms with Crippen molar-refractivity contribution in [1.82, 2.24) is 0 Å². The molecule has 0 saturated heterocycles. The molecular weight excluding hydrogens is 252 g/mol. The molecule has 3 N–H and O–H groups in total. The maximum absolute atomic E-state index is 5.83. The van der Waals surface area contributed by atoms with Crippen molar-refractivity contribution in [1.29, 1.82) is 0 Å². The molecule has 0 spiro atoms. The van der Waals surface area contributed by atoms with Crippen molar-refractivity contribution in [2.24, 2.45) is 17.6 Å². The average Bonchev–Trinajstić information content (AvgIpc) is 2.30. The minimum atomic E-state index is 0.475. The van der Waals surface area contributed by atoms with Gasteiger partial charge in [0, 0.05) is 17.3 Å². The minimum absolute atomic E-state index is 0.475. The molecule has 1 aromatic carbocycles. The predicted octanol–water partition coefficient (Wildman–Crippen LogP) is 3.87. The fraction of sp³-hybridized carbons (Fsp3) is 0.562. The van der Waals surface area contributed by atoms with Crippen LogP contribution in [0.25, 0.3) is 0 Å². The average molecular weight is 276 g/mol. The summed E-state index contributed by atoms with van der Waals surface area (Å²) in [4.78, 5) is 0.475. The number of aryl methyl sites for hydroxylation is 1. The molecule has 1 aliphatic rings. The van der Waals surface area contributed by atoms with E-state index in [9.17, 15) is 0 Å². The third-order valence-corrected chi connectivity index (χ3v) is 4.29. The number of rotatable bonds is 3. The van der Waals surface area contributed by atoms with E-state index < -0.39 is 0 Å². The summed E-state index contributed by atoms with van der Waals surface area (Å²) in [7, 11) is 0. The van der Waals surface area contributed by atoms with Crippen LogP contribution >= 0.6 is 12.2 Å². The van der Waals surface area contributed by atoms with Gasteiger partial charge in [-0.3, -0.25) is 0 Å². The molecule has 104 valence electrons. The van der Waals surface area contributed by atoms with Gasteiger partial charge in [0.1, 0.15) is 4.99 Å². The smallest absolute Gasteiger partial charge is 0.106 e. The molecule has 1 fully saturated rings. The van der Waals surface area contributed by atoms with E-state index in [4.69, 9.17) is 18.0 Å². The third kappa shape index (κ3) is 3.47. The Morgan fingerprint density at radius 1 is 1.21 bits per heavy atom. The Bertz CT molecular complexity index is 460. The fourth-order valence-corrected chi connectivity index (χ4v) is 3.50. The number of nitrogens with one attached hydrogen (secondary N) is 1. The molecule has 19 heavy (non-hydrogen) atoms. The second-order valence-electron chi connectivity index (χ2n) is 6.12. The lowest BCUT2D eigenvalue weighted by atomic mass is 9.80. The second-order valence-corrected chi connectivity index (χ2v) is 6.56. The van der Waals surface area contributed by atoms with Crippen LogP contribution in [0.2, 0.25) is 0 Å². The van der Waals surface area contributed by atoms with E-state index in [1.807, 2.05) is 12.1 Å². The lowest BCUT2D eigenvalue weighted by Crippen LogP contribution is -2.31. The number of hydrogen-bond acceptors (Lipinski definition) is 2. The Hall–Kier alpha value is -1.09. The Labute approximate surface area is 121 Å². The number of thiocarbonyl (C=S) groups is 1. The zero-order valence-corrected chi connectivity index (χ0v) is 12.9. The Morgan fingerprint density at radius 2 is 1.84 bits per heavy atom. The molecule has 0 amide bonds. The van der Waals surface area contributed by atoms with Crippen molar-refractivity contribution in [3.8, 4) is 0 Å². The highest BCUT2D eigenvalue weighted by atomic mass is 32.1. The molecule has 1 saturated carbocycles. The van der Waals surface area contributed by atoms with Crippen molar-refractivity contribution in [3.63, 3.8) is 0 Å². The summed E-state index contributed by atoms with van der Waals surface area (Å²) in [5, 5.41) is 3.69. The van der Waals surface area contributed by atoms with E-state index in [0.29, 0.717) is 11.0 Å². The van der Waals surface area contributed by atoms with Crippen LogP contribution in [0.15, 0.2) is 18.2 Å². The first-order valence-electron chi connectivity index (χ1n) is 7.13. The van der Waals surface area contributed by atoms with Gasteiger partial charge in [-0.05, 0) is 49.7 Å². The lowest BCUT2D eigenvalue weighted by molar-refractivity contribution is 0.281. The van der Waals surface area contributed by atoms with E-state index in [1.165, 1.54) is 24.8 Å². The second kappa shape index (κ2) is 5.91. The molecule has 0 radical (unpaired) electrons. The van der Waals surface area contributed by atoms with Gasteiger partial charge in [-0.15, -0.1) is 0 Å². The fourth-order valence-electron chi connectivity index (χ4n) is 3.33. The third-order valence-electron chi connectivity index (χ3n) is 4.07. The van der Waals surface area contributed by atoms with Crippen LogP contribution in [0, 0.1) is 18.8 Å². The summed E-state index contributed by atoms with van der Waals surface area (Å²) in [5.41, 5.74) is 9.15. The molecule has 3 heteroatoms. The molecule has 1 aliphatic carbocycles. The summed E-state index contributed by atoms with van der Waals surface area (Å²) < 4.78 is 0. The molecule has 2 unspecified atom stereocenters. The molecule has 0 aromatic heterocycles. The summed E-state index contributed by atoms with van der Waals surface area (Å²) in [6, 6.07) is 6.67. The van der Waals surface area contributed by atoms with Crippen LogP contribution in [0.4, 0.5) is 5.69 Å². The Balaban J connectivity index is 2.21. The van der Waals surface area contributed by atoms with Gasteiger partial charge in [-0.25, -0.2) is 0 Å². The number of nitrogens with two attached hydrogens (primary N) is 1. The van der Waals surface area contributed by atoms with Crippen molar-refractivity contribution < 1.29 is 0 Å². The maximum atomic E-state index is 5.83. The van der Waals surface area contributed by atoms with E-state index in [2.05, 4.69) is 32.2 Å². The Morgan fingerprint density at radius 3 is 2.42 bits per heavy atom. The standard InChI is InChI=1S/C16H24N2S/c1-10-7-11(2)9-13(8-10)18-15-12(3)5-4-6-14(15)16(17)19/h4-6,10-11,13,18H,7-9H2,1-3H3,(H2,17,19). The van der Waals surface area contributed by atoms with Crippen molar-refractivity contribution in [3.05, 3.63) is 29.3 Å². The highest BCUT2D eigenvalue weighted by molar-refractivity contribution is 7.80. The van der Waals surface area contributed by atoms with Crippen molar-refractivity contribution in [2.75, 3.05) is 5.32 Å². The lowest BCUT2D eigenvalue weighted by Gasteiger charge is -2.33. The summed E-state index contributed by atoms with van der Waals surface area (Å²) >= 11 is 5.16. The highest BCUT2D eigenvalue weighted by Gasteiger charge is 2.24. The zero-order valence-electron chi connectivity index (χ0n) is 12.1. The van der Waals surface area contributed by atoms with Gasteiger partial charge in [-0.1, -0.05) is 38.2 Å². The van der Waals surface area contributed by atoms with Crippen LogP contribution < -0.4 is 11.1 Å². The van der Waals surface area contributed by atoms with Gasteiger partial charge < -0.3 is 11.1 Å². The Kier molecular flexibility index (Phi) is 4.46. The van der Waals surface area contributed by atoms with E-state index in [0.717, 1.165) is 23.1 Å². The molecule has 0 aliphatic heterocycles. The normalized spacial score (nSPS) is 27.0. The van der Waals surface area contributed by atoms with Gasteiger partial charge in [0.15, 0.2) is 0 Å². The van der Waals surface area contributed by atoms with E-state index in [1.54, 1.807) is 0 Å². The monoisotopic (exact) mass is 276 g/mol. The zero-order chi connectivity index (χ0) is 14.0. The van der Waals surface area contributed by atoms with Gasteiger partial charge in [0.25, 0.3) is 0 Å². The minimum Gasteiger partial charge on any atom is -0.389 e. The van der Waals surface area contributed by atoms with Crippen LogP contribution in [-0.4, -0.2) is 11.0 Å². The van der Waals surface area contributed by atoms with Gasteiger partial charge in [0.2, 0.25) is 0 Å². The summed E-state index contributed by atoms with van der Waals surface area (Å²) in [6.07, 6.45) is 3.80. The first kappa shape index (κ1) is 14.3. The van der Waals surface area contributed by atoms with E-state index in [-0.39, 0.29) is 0 Å². The number of benzene rings is 1.